The zero-order valence-electron chi connectivity index (χ0n) is 10.3. The van der Waals surface area contributed by atoms with Crippen LogP contribution in [0.15, 0.2) is 40.8 Å². The Labute approximate surface area is 109 Å². The molecule has 1 heterocycles. The standard InChI is InChI=1S/C15H12O4/c1-18-14(17)8-9-5-6-10-11-3-2-4-12(16)15(11)19-13(10)7-9/h2-7,16H,8H2,1H3. The maximum Gasteiger partial charge on any atom is 0.309 e. The molecule has 1 N–H and O–H groups in total. The minimum absolute atomic E-state index is 0.114. The topological polar surface area (TPSA) is 59.7 Å². The van der Waals surface area contributed by atoms with Gasteiger partial charge >= 0.3 is 5.97 Å². The van der Waals surface area contributed by atoms with Gasteiger partial charge in [-0.1, -0.05) is 24.3 Å². The maximum atomic E-state index is 11.3. The molecular formula is C15H12O4. The Morgan fingerprint density at radius 2 is 2.11 bits per heavy atom. The highest BCUT2D eigenvalue weighted by Crippen LogP contribution is 2.34. The summed E-state index contributed by atoms with van der Waals surface area (Å²) in [5.74, 6) is -0.179. The Morgan fingerprint density at radius 3 is 2.89 bits per heavy atom. The fourth-order valence-corrected chi connectivity index (χ4v) is 2.18. The maximum absolute atomic E-state index is 11.3. The molecule has 0 aliphatic rings. The van der Waals surface area contributed by atoms with Crippen LogP contribution in [0.25, 0.3) is 21.9 Å². The van der Waals surface area contributed by atoms with Crippen molar-refractivity contribution in [2.75, 3.05) is 7.11 Å². The van der Waals surface area contributed by atoms with Crippen LogP contribution < -0.4 is 0 Å². The Hall–Kier alpha value is -2.49. The van der Waals surface area contributed by atoms with Gasteiger partial charge in [0.05, 0.1) is 13.5 Å². The van der Waals surface area contributed by atoms with Gasteiger partial charge in [0.15, 0.2) is 11.3 Å². The van der Waals surface area contributed by atoms with Gasteiger partial charge < -0.3 is 14.3 Å². The van der Waals surface area contributed by atoms with E-state index in [1.165, 1.54) is 7.11 Å². The molecule has 0 saturated heterocycles. The number of carbonyl (C=O) groups is 1. The molecule has 3 aromatic rings. The van der Waals surface area contributed by atoms with E-state index in [9.17, 15) is 9.90 Å². The lowest BCUT2D eigenvalue weighted by atomic mass is 10.1. The van der Waals surface area contributed by atoms with Crippen LogP contribution in [0, 0.1) is 0 Å². The molecule has 0 aliphatic heterocycles. The number of para-hydroxylation sites is 1. The molecule has 0 amide bonds. The van der Waals surface area contributed by atoms with Gasteiger partial charge in [-0.2, -0.15) is 0 Å². The highest BCUT2D eigenvalue weighted by Gasteiger charge is 2.11. The predicted molar refractivity (Wildman–Crippen MR) is 71.1 cm³/mol. The molecule has 2 aromatic carbocycles. The summed E-state index contributed by atoms with van der Waals surface area (Å²) in [5.41, 5.74) is 1.93. The fraction of sp³-hybridized carbons (Fsp3) is 0.133. The van der Waals surface area contributed by atoms with Crippen LogP contribution >= 0.6 is 0 Å². The first-order chi connectivity index (χ1) is 9.19. The summed E-state index contributed by atoms with van der Waals surface area (Å²) in [6, 6.07) is 10.8. The molecule has 4 nitrogen and oxygen atoms in total. The van der Waals surface area contributed by atoms with Crippen molar-refractivity contribution in [1.82, 2.24) is 0 Å². The largest absolute Gasteiger partial charge is 0.504 e. The third-order valence-corrected chi connectivity index (χ3v) is 3.12. The average Bonchev–Trinajstić information content (AvgIpc) is 2.78. The molecule has 0 atom stereocenters. The van der Waals surface area contributed by atoms with Gasteiger partial charge in [0.1, 0.15) is 5.58 Å². The molecule has 0 unspecified atom stereocenters. The number of methoxy groups -OCH3 is 1. The van der Waals surface area contributed by atoms with Gasteiger partial charge in [-0.15, -0.1) is 0 Å². The van der Waals surface area contributed by atoms with E-state index in [0.717, 1.165) is 16.3 Å². The highest BCUT2D eigenvalue weighted by atomic mass is 16.5. The smallest absolute Gasteiger partial charge is 0.309 e. The first-order valence-electron chi connectivity index (χ1n) is 5.89. The number of furan rings is 1. The molecule has 0 bridgehead atoms. The number of benzene rings is 2. The molecule has 1 aromatic heterocycles. The van der Waals surface area contributed by atoms with Crippen molar-refractivity contribution in [2.24, 2.45) is 0 Å². The summed E-state index contributed by atoms with van der Waals surface area (Å²) >= 11 is 0. The Bertz CT molecular complexity index is 770. The number of phenolic OH excluding ortho intramolecular Hbond substituents is 1. The Kier molecular flexibility index (Phi) is 2.63. The quantitative estimate of drug-likeness (QED) is 0.716. The molecule has 96 valence electrons. The molecule has 0 saturated carbocycles. The summed E-state index contributed by atoms with van der Waals surface area (Å²) in [4.78, 5) is 11.3. The van der Waals surface area contributed by atoms with Crippen LogP contribution in [-0.2, 0) is 16.0 Å². The Balaban J connectivity index is 2.16. The predicted octanol–water partition coefficient (Wildman–Crippen LogP) is 3.01. The third-order valence-electron chi connectivity index (χ3n) is 3.12. The van der Waals surface area contributed by atoms with E-state index in [4.69, 9.17) is 4.42 Å². The van der Waals surface area contributed by atoms with Gasteiger partial charge in [-0.3, -0.25) is 4.79 Å². The van der Waals surface area contributed by atoms with Gasteiger partial charge in [-0.05, 0) is 17.7 Å². The van der Waals surface area contributed by atoms with Crippen molar-refractivity contribution in [3.05, 3.63) is 42.0 Å². The van der Waals surface area contributed by atoms with Crippen LogP contribution in [0.4, 0.5) is 0 Å². The highest BCUT2D eigenvalue weighted by molar-refractivity contribution is 6.06. The normalized spacial score (nSPS) is 11.0. The minimum atomic E-state index is -0.293. The third kappa shape index (κ3) is 1.91. The van der Waals surface area contributed by atoms with Crippen molar-refractivity contribution in [2.45, 2.75) is 6.42 Å². The van der Waals surface area contributed by atoms with Crippen molar-refractivity contribution < 1.29 is 19.1 Å². The number of phenols is 1. The fourth-order valence-electron chi connectivity index (χ4n) is 2.18. The number of carbonyl (C=O) groups excluding carboxylic acids is 1. The minimum Gasteiger partial charge on any atom is -0.504 e. The van der Waals surface area contributed by atoms with Crippen LogP contribution in [-0.4, -0.2) is 18.2 Å². The molecular weight excluding hydrogens is 244 g/mol. The van der Waals surface area contributed by atoms with Gasteiger partial charge in [-0.25, -0.2) is 0 Å². The summed E-state index contributed by atoms with van der Waals surface area (Å²) in [5, 5.41) is 11.5. The van der Waals surface area contributed by atoms with Crippen LogP contribution in [0.1, 0.15) is 5.56 Å². The first-order valence-corrected chi connectivity index (χ1v) is 5.89. The Morgan fingerprint density at radius 1 is 1.26 bits per heavy atom. The lowest BCUT2D eigenvalue weighted by Crippen LogP contribution is -2.03. The van der Waals surface area contributed by atoms with E-state index in [2.05, 4.69) is 4.74 Å². The monoisotopic (exact) mass is 256 g/mol. The average molecular weight is 256 g/mol. The summed E-state index contributed by atoms with van der Waals surface area (Å²) in [6.45, 7) is 0. The molecule has 0 fully saturated rings. The van der Waals surface area contributed by atoms with E-state index in [1.807, 2.05) is 18.2 Å². The van der Waals surface area contributed by atoms with Crippen LogP contribution in [0.5, 0.6) is 5.75 Å². The van der Waals surface area contributed by atoms with Crippen molar-refractivity contribution >= 4 is 27.9 Å². The SMILES string of the molecule is COC(=O)Cc1ccc2c(c1)oc1c(O)cccc12. The zero-order chi connectivity index (χ0) is 13.4. The molecule has 3 rings (SSSR count). The number of fused-ring (bicyclic) bond motifs is 3. The summed E-state index contributed by atoms with van der Waals surface area (Å²) in [7, 11) is 1.36. The number of aromatic hydroxyl groups is 1. The van der Waals surface area contributed by atoms with Crippen molar-refractivity contribution in [3.8, 4) is 5.75 Å². The molecule has 4 heteroatoms. The number of hydrogen-bond donors (Lipinski definition) is 1. The van der Waals surface area contributed by atoms with E-state index in [1.54, 1.807) is 18.2 Å². The first kappa shape index (κ1) is 11.6. The molecule has 0 radical (unpaired) electrons. The van der Waals surface area contributed by atoms with Crippen molar-refractivity contribution in [3.63, 3.8) is 0 Å². The summed E-state index contributed by atoms with van der Waals surface area (Å²) in [6.07, 6.45) is 0.204. The van der Waals surface area contributed by atoms with Crippen molar-refractivity contribution in [1.29, 1.82) is 0 Å². The van der Waals surface area contributed by atoms with Gasteiger partial charge in [0.25, 0.3) is 0 Å². The van der Waals surface area contributed by atoms with Gasteiger partial charge in [0, 0.05) is 10.8 Å². The van der Waals surface area contributed by atoms with E-state index >= 15 is 0 Å². The second-order valence-corrected chi connectivity index (χ2v) is 4.34. The van der Waals surface area contributed by atoms with E-state index < -0.39 is 0 Å². The molecule has 0 spiro atoms. The second kappa shape index (κ2) is 4.31. The number of esters is 1. The molecule has 0 aliphatic carbocycles. The van der Waals surface area contributed by atoms with Crippen LogP contribution in [0.2, 0.25) is 0 Å². The summed E-state index contributed by atoms with van der Waals surface area (Å²) < 4.78 is 10.3. The molecule has 19 heavy (non-hydrogen) atoms. The number of ether oxygens (including phenoxy) is 1. The van der Waals surface area contributed by atoms with E-state index in [-0.39, 0.29) is 18.1 Å². The number of rotatable bonds is 2. The zero-order valence-corrected chi connectivity index (χ0v) is 10.3. The lowest BCUT2D eigenvalue weighted by molar-refractivity contribution is -0.139. The van der Waals surface area contributed by atoms with E-state index in [0.29, 0.717) is 11.2 Å². The number of hydrogen-bond acceptors (Lipinski definition) is 4. The van der Waals surface area contributed by atoms with Crippen LogP contribution in [0.3, 0.4) is 0 Å². The lowest BCUT2D eigenvalue weighted by Gasteiger charge is -1.99. The van der Waals surface area contributed by atoms with Gasteiger partial charge in [0.2, 0.25) is 0 Å². The second-order valence-electron chi connectivity index (χ2n) is 4.34.